The van der Waals surface area contributed by atoms with Crippen molar-refractivity contribution >= 4 is 22.8 Å². The van der Waals surface area contributed by atoms with E-state index in [9.17, 15) is 0 Å². The molecule has 1 atom stereocenters. The normalized spacial score (nSPS) is 18.9. The van der Waals surface area contributed by atoms with E-state index in [1.54, 1.807) is 0 Å². The van der Waals surface area contributed by atoms with Crippen LogP contribution in [-0.4, -0.2) is 59.3 Å². The van der Waals surface area contributed by atoms with Crippen LogP contribution in [0.4, 0.5) is 0 Å². The highest BCUT2D eigenvalue weighted by Gasteiger charge is 2.35. The van der Waals surface area contributed by atoms with Gasteiger partial charge in [0.1, 0.15) is 5.60 Å². The van der Waals surface area contributed by atoms with Gasteiger partial charge in [-0.05, 0) is 58.5 Å². The molecule has 2 aromatic rings. The number of benzene rings is 1. The van der Waals surface area contributed by atoms with Crippen LogP contribution in [0.2, 0.25) is 0 Å². The fraction of sp³-hybridized carbons (Fsp3) is 0.474. The summed E-state index contributed by atoms with van der Waals surface area (Å²) < 4.78 is 6.15. The minimum absolute atomic E-state index is 0.164. The number of aliphatic carboxylic acids is 2. The predicted molar refractivity (Wildman–Crippen MR) is 98.4 cm³/mol. The third-order valence-corrected chi connectivity index (χ3v) is 4.56. The van der Waals surface area contributed by atoms with Crippen LogP contribution in [0.5, 0.6) is 0 Å². The molecule has 1 aromatic heterocycles. The van der Waals surface area contributed by atoms with E-state index in [-0.39, 0.29) is 5.60 Å². The largest absolute Gasteiger partial charge is 0.473 e. The van der Waals surface area contributed by atoms with Gasteiger partial charge in [0.25, 0.3) is 0 Å². The van der Waals surface area contributed by atoms with E-state index >= 15 is 0 Å². The molecular weight excluding hydrogens is 336 g/mol. The van der Waals surface area contributed by atoms with E-state index in [1.807, 2.05) is 0 Å². The van der Waals surface area contributed by atoms with Crippen molar-refractivity contribution < 1.29 is 24.5 Å². The lowest BCUT2D eigenvalue weighted by Gasteiger charge is -2.34. The fourth-order valence-electron chi connectivity index (χ4n) is 3.29. The Morgan fingerprint density at radius 2 is 1.88 bits per heavy atom. The molecule has 7 nitrogen and oxygen atoms in total. The van der Waals surface area contributed by atoms with Crippen LogP contribution < -0.4 is 0 Å². The average Bonchev–Trinajstić information content (AvgIpc) is 2.96. The molecule has 26 heavy (non-hydrogen) atoms. The number of hydrogen-bond donors (Lipinski definition) is 3. The van der Waals surface area contributed by atoms with Gasteiger partial charge in [0, 0.05) is 10.9 Å². The molecule has 0 fully saturated rings. The SMILES string of the molecule is CN(C)CCCC1(C)OCCc2c1[nH]c1ccccc21.O=C(O)C(=O)O. The van der Waals surface area contributed by atoms with E-state index in [1.165, 1.54) is 22.2 Å². The summed E-state index contributed by atoms with van der Waals surface area (Å²) in [5.74, 6) is -3.65. The van der Waals surface area contributed by atoms with Gasteiger partial charge in [-0.15, -0.1) is 0 Å². The lowest BCUT2D eigenvalue weighted by Crippen LogP contribution is -2.33. The van der Waals surface area contributed by atoms with Crippen LogP contribution in [0.3, 0.4) is 0 Å². The number of nitrogens with zero attached hydrogens (tertiary/aromatic N) is 1. The quantitative estimate of drug-likeness (QED) is 0.722. The molecule has 0 bridgehead atoms. The minimum atomic E-state index is -1.82. The summed E-state index contributed by atoms with van der Waals surface area (Å²) >= 11 is 0. The van der Waals surface area contributed by atoms with Crippen LogP contribution in [-0.2, 0) is 26.3 Å². The lowest BCUT2D eigenvalue weighted by atomic mass is 9.89. The topological polar surface area (TPSA) is 103 Å². The summed E-state index contributed by atoms with van der Waals surface area (Å²) in [5.41, 5.74) is 3.83. The third-order valence-electron chi connectivity index (χ3n) is 4.56. The van der Waals surface area contributed by atoms with Crippen molar-refractivity contribution in [2.45, 2.75) is 31.8 Å². The van der Waals surface area contributed by atoms with Gasteiger partial charge in [-0.1, -0.05) is 18.2 Å². The number of carboxylic acids is 2. The van der Waals surface area contributed by atoms with Crippen LogP contribution in [0.1, 0.15) is 31.0 Å². The number of aromatic nitrogens is 1. The molecule has 3 N–H and O–H groups in total. The molecule has 1 aromatic carbocycles. The first-order valence-electron chi connectivity index (χ1n) is 8.59. The number of ether oxygens (including phenoxy) is 1. The number of fused-ring (bicyclic) bond motifs is 3. The molecule has 3 rings (SSSR count). The lowest BCUT2D eigenvalue weighted by molar-refractivity contribution is -0.159. The summed E-state index contributed by atoms with van der Waals surface area (Å²) in [6, 6.07) is 8.59. The number of H-pyrrole nitrogens is 1. The number of carboxylic acid groups (broad SMARTS) is 2. The zero-order valence-corrected chi connectivity index (χ0v) is 15.4. The highest BCUT2D eigenvalue weighted by Crippen LogP contribution is 2.39. The predicted octanol–water partition coefficient (Wildman–Crippen LogP) is 2.45. The smallest absolute Gasteiger partial charge is 0.414 e. The first-order chi connectivity index (χ1) is 12.2. The number of carbonyl (C=O) groups is 2. The molecule has 1 aliphatic heterocycles. The monoisotopic (exact) mass is 362 g/mol. The maximum atomic E-state index is 9.10. The molecule has 1 aliphatic rings. The number of hydrogen-bond acceptors (Lipinski definition) is 4. The Hall–Kier alpha value is -2.38. The van der Waals surface area contributed by atoms with Crippen molar-refractivity contribution in [1.82, 2.24) is 9.88 Å². The van der Waals surface area contributed by atoms with Gasteiger partial charge in [0.2, 0.25) is 0 Å². The Labute approximate surface area is 152 Å². The molecular formula is C19H26N2O5. The number of para-hydroxylation sites is 1. The second kappa shape index (κ2) is 8.33. The highest BCUT2D eigenvalue weighted by molar-refractivity contribution is 6.27. The fourth-order valence-corrected chi connectivity index (χ4v) is 3.29. The molecule has 1 unspecified atom stereocenters. The van der Waals surface area contributed by atoms with Crippen molar-refractivity contribution in [1.29, 1.82) is 0 Å². The van der Waals surface area contributed by atoms with Gasteiger partial charge in [0.15, 0.2) is 0 Å². The van der Waals surface area contributed by atoms with E-state index in [0.29, 0.717) is 0 Å². The Morgan fingerprint density at radius 1 is 1.23 bits per heavy atom. The second-order valence-electron chi connectivity index (χ2n) is 6.87. The summed E-state index contributed by atoms with van der Waals surface area (Å²) in [5, 5.41) is 16.1. The maximum absolute atomic E-state index is 9.10. The van der Waals surface area contributed by atoms with Crippen molar-refractivity contribution in [3.05, 3.63) is 35.5 Å². The standard InChI is InChI=1S/C17H24N2O.C2H2O4/c1-17(10-6-11-19(2)3)16-14(9-12-20-17)13-7-4-5-8-15(13)18-16;3-1(4)2(5)6/h4-5,7-8,18H,6,9-12H2,1-3H3;(H,3,4)(H,5,6). The molecule has 0 saturated heterocycles. The summed E-state index contributed by atoms with van der Waals surface area (Å²) in [4.78, 5) is 24.0. The Morgan fingerprint density at radius 3 is 2.50 bits per heavy atom. The van der Waals surface area contributed by atoms with Crippen molar-refractivity contribution in [2.24, 2.45) is 0 Å². The van der Waals surface area contributed by atoms with Crippen LogP contribution in [0.15, 0.2) is 24.3 Å². The van der Waals surface area contributed by atoms with Crippen molar-refractivity contribution in [3.8, 4) is 0 Å². The first-order valence-corrected chi connectivity index (χ1v) is 8.59. The van der Waals surface area contributed by atoms with Gasteiger partial charge in [-0.2, -0.15) is 0 Å². The molecule has 0 spiro atoms. The Bertz CT molecular complexity index is 771. The van der Waals surface area contributed by atoms with E-state index < -0.39 is 11.9 Å². The van der Waals surface area contributed by atoms with Gasteiger partial charge in [-0.3, -0.25) is 0 Å². The number of nitrogens with one attached hydrogen (secondary N) is 1. The summed E-state index contributed by atoms with van der Waals surface area (Å²) in [6.45, 7) is 4.16. The third kappa shape index (κ3) is 4.62. The zero-order valence-electron chi connectivity index (χ0n) is 15.4. The second-order valence-corrected chi connectivity index (χ2v) is 6.87. The first kappa shape index (κ1) is 19.9. The van der Waals surface area contributed by atoms with E-state index in [2.05, 4.69) is 55.2 Å². The minimum Gasteiger partial charge on any atom is -0.473 e. The van der Waals surface area contributed by atoms with Gasteiger partial charge in [-0.25, -0.2) is 9.59 Å². The van der Waals surface area contributed by atoms with Gasteiger partial charge in [0.05, 0.1) is 12.3 Å². The Balaban J connectivity index is 0.000000352. The summed E-state index contributed by atoms with van der Waals surface area (Å²) in [6.07, 6.45) is 3.23. The van der Waals surface area contributed by atoms with Crippen LogP contribution in [0, 0.1) is 0 Å². The van der Waals surface area contributed by atoms with Gasteiger partial charge >= 0.3 is 11.9 Å². The highest BCUT2D eigenvalue weighted by atomic mass is 16.5. The molecule has 0 aliphatic carbocycles. The molecule has 0 saturated carbocycles. The van der Waals surface area contributed by atoms with Crippen LogP contribution in [0.25, 0.3) is 10.9 Å². The molecule has 0 radical (unpaired) electrons. The van der Waals surface area contributed by atoms with Crippen molar-refractivity contribution in [2.75, 3.05) is 27.2 Å². The van der Waals surface area contributed by atoms with E-state index in [0.717, 1.165) is 32.4 Å². The zero-order chi connectivity index (χ0) is 19.3. The number of rotatable bonds is 4. The number of aromatic amines is 1. The molecule has 142 valence electrons. The summed E-state index contributed by atoms with van der Waals surface area (Å²) in [7, 11) is 4.25. The molecule has 7 heteroatoms. The Kier molecular flexibility index (Phi) is 6.39. The van der Waals surface area contributed by atoms with E-state index in [4.69, 9.17) is 24.5 Å². The van der Waals surface area contributed by atoms with Gasteiger partial charge < -0.3 is 24.8 Å². The van der Waals surface area contributed by atoms with Crippen LogP contribution >= 0.6 is 0 Å². The van der Waals surface area contributed by atoms with Crippen molar-refractivity contribution in [3.63, 3.8) is 0 Å². The molecule has 0 amide bonds. The maximum Gasteiger partial charge on any atom is 0.414 e. The average molecular weight is 362 g/mol. The molecule has 2 heterocycles.